The number of carbonyl (C=O) groups is 1. The van der Waals surface area contributed by atoms with Crippen molar-refractivity contribution in [1.82, 2.24) is 15.2 Å². The Balaban J connectivity index is 1.86. The quantitative estimate of drug-likeness (QED) is 0.895. The maximum Gasteiger partial charge on any atom is 0.340 e. The van der Waals surface area contributed by atoms with Crippen molar-refractivity contribution < 1.29 is 9.53 Å². The predicted octanol–water partition coefficient (Wildman–Crippen LogP) is 1.84. The molecule has 128 valence electrons. The number of carbonyl (C=O) groups excluding carboxylic acids is 1. The number of hydrogen-bond acceptors (Lipinski definition) is 4. The van der Waals surface area contributed by atoms with E-state index < -0.39 is 0 Å². The number of aromatic nitrogens is 3. The van der Waals surface area contributed by atoms with Gasteiger partial charge in [0.1, 0.15) is 0 Å². The van der Waals surface area contributed by atoms with Gasteiger partial charge < -0.3 is 9.64 Å². The van der Waals surface area contributed by atoms with Crippen LogP contribution in [0, 0.1) is 5.92 Å². The highest BCUT2D eigenvalue weighted by molar-refractivity contribution is 5.95. The van der Waals surface area contributed by atoms with Gasteiger partial charge in [0.05, 0.1) is 12.1 Å². The molecular formula is C17H22N4O3. The molecule has 3 rings (SSSR count). The number of amides is 1. The Kier molecular flexibility index (Phi) is 4.53. The zero-order chi connectivity index (χ0) is 17.2. The fourth-order valence-electron chi connectivity index (χ4n) is 3.10. The normalized spacial score (nSPS) is 19.8. The number of H-pyrrole nitrogens is 2. The van der Waals surface area contributed by atoms with Crippen molar-refractivity contribution >= 4 is 11.6 Å². The molecule has 24 heavy (non-hydrogen) atoms. The first-order chi connectivity index (χ1) is 11.4. The Morgan fingerprint density at radius 3 is 2.75 bits per heavy atom. The molecule has 7 heteroatoms. The van der Waals surface area contributed by atoms with Crippen LogP contribution in [0.1, 0.15) is 32.5 Å². The Morgan fingerprint density at radius 2 is 2.12 bits per heavy atom. The summed E-state index contributed by atoms with van der Waals surface area (Å²) in [4.78, 5) is 28.7. The first-order valence-electron chi connectivity index (χ1n) is 8.08. The number of para-hydroxylation sites is 1. The van der Waals surface area contributed by atoms with Crippen LogP contribution in [0.15, 0.2) is 35.1 Å². The third-order valence-corrected chi connectivity index (χ3v) is 4.24. The SMILES string of the molecule is CC1(C)C[C@@H](C(=O)N(Cc2n[nH]c(=O)[nH]2)c2ccccc2)CCO1. The van der Waals surface area contributed by atoms with Crippen LogP contribution in [-0.4, -0.2) is 33.3 Å². The molecule has 1 fully saturated rings. The third kappa shape index (κ3) is 3.73. The van der Waals surface area contributed by atoms with Crippen molar-refractivity contribution in [3.63, 3.8) is 0 Å². The number of rotatable bonds is 4. The first kappa shape index (κ1) is 16.4. The van der Waals surface area contributed by atoms with Gasteiger partial charge in [0, 0.05) is 18.2 Å². The number of aromatic amines is 2. The summed E-state index contributed by atoms with van der Waals surface area (Å²) in [6.07, 6.45) is 1.37. The van der Waals surface area contributed by atoms with Crippen molar-refractivity contribution in [1.29, 1.82) is 0 Å². The molecule has 2 N–H and O–H groups in total. The molecule has 0 bridgehead atoms. The summed E-state index contributed by atoms with van der Waals surface area (Å²) < 4.78 is 5.72. The monoisotopic (exact) mass is 330 g/mol. The molecule has 1 amide bonds. The lowest BCUT2D eigenvalue weighted by atomic mass is 9.87. The van der Waals surface area contributed by atoms with E-state index in [9.17, 15) is 9.59 Å². The van der Waals surface area contributed by atoms with E-state index in [1.807, 2.05) is 44.2 Å². The van der Waals surface area contributed by atoms with Crippen molar-refractivity contribution in [3.05, 3.63) is 46.6 Å². The van der Waals surface area contributed by atoms with E-state index in [0.29, 0.717) is 25.3 Å². The lowest BCUT2D eigenvalue weighted by Gasteiger charge is -2.37. The second kappa shape index (κ2) is 6.60. The average Bonchev–Trinajstić information content (AvgIpc) is 2.97. The summed E-state index contributed by atoms with van der Waals surface area (Å²) in [5.41, 5.74) is 0.106. The molecule has 2 heterocycles. The molecular weight excluding hydrogens is 308 g/mol. The van der Waals surface area contributed by atoms with Crippen LogP contribution in [-0.2, 0) is 16.1 Å². The molecule has 0 radical (unpaired) electrons. The van der Waals surface area contributed by atoms with Gasteiger partial charge in [-0.3, -0.25) is 9.78 Å². The number of ether oxygens (including phenoxy) is 1. The van der Waals surface area contributed by atoms with Gasteiger partial charge in [-0.05, 0) is 38.8 Å². The molecule has 0 unspecified atom stereocenters. The van der Waals surface area contributed by atoms with Gasteiger partial charge in [0.15, 0.2) is 5.82 Å². The molecule has 0 aliphatic carbocycles. The average molecular weight is 330 g/mol. The summed E-state index contributed by atoms with van der Waals surface area (Å²) in [7, 11) is 0. The van der Waals surface area contributed by atoms with Gasteiger partial charge in [0.25, 0.3) is 0 Å². The highest BCUT2D eigenvalue weighted by atomic mass is 16.5. The standard InChI is InChI=1S/C17H22N4O3/c1-17(2)10-12(8-9-24-17)15(22)21(13-6-4-3-5-7-13)11-14-18-16(23)20-19-14/h3-7,12H,8-11H2,1-2H3,(H2,18,19,20,23)/t12-/m0/s1. The summed E-state index contributed by atoms with van der Waals surface area (Å²) in [6.45, 7) is 4.81. The summed E-state index contributed by atoms with van der Waals surface area (Å²) in [5.74, 6) is 0.351. The molecule has 1 aromatic heterocycles. The predicted molar refractivity (Wildman–Crippen MR) is 89.6 cm³/mol. The first-order valence-corrected chi connectivity index (χ1v) is 8.08. The molecule has 1 saturated heterocycles. The van der Waals surface area contributed by atoms with Crippen LogP contribution in [0.25, 0.3) is 0 Å². The fraction of sp³-hybridized carbons (Fsp3) is 0.471. The highest BCUT2D eigenvalue weighted by Gasteiger charge is 2.35. The second-order valence-electron chi connectivity index (χ2n) is 6.68. The molecule has 1 atom stereocenters. The van der Waals surface area contributed by atoms with Crippen molar-refractivity contribution in [2.75, 3.05) is 11.5 Å². The molecule has 2 aromatic rings. The maximum absolute atomic E-state index is 13.1. The van der Waals surface area contributed by atoms with Gasteiger partial charge >= 0.3 is 5.69 Å². The minimum absolute atomic E-state index is 0.0291. The number of hydrogen-bond donors (Lipinski definition) is 2. The number of nitrogens with one attached hydrogen (secondary N) is 2. The second-order valence-corrected chi connectivity index (χ2v) is 6.68. The maximum atomic E-state index is 13.1. The van der Waals surface area contributed by atoms with Crippen molar-refractivity contribution in [2.45, 2.75) is 38.8 Å². The Labute approximate surface area is 140 Å². The van der Waals surface area contributed by atoms with Crippen LogP contribution in [0.5, 0.6) is 0 Å². The van der Waals surface area contributed by atoms with Crippen LogP contribution < -0.4 is 10.6 Å². The zero-order valence-corrected chi connectivity index (χ0v) is 13.9. The Bertz CT molecular complexity index is 750. The van der Waals surface area contributed by atoms with E-state index in [1.165, 1.54) is 0 Å². The molecule has 0 saturated carbocycles. The van der Waals surface area contributed by atoms with E-state index in [1.54, 1.807) is 4.90 Å². The lowest BCUT2D eigenvalue weighted by Crippen LogP contribution is -2.43. The van der Waals surface area contributed by atoms with E-state index >= 15 is 0 Å². The number of benzene rings is 1. The van der Waals surface area contributed by atoms with E-state index in [0.717, 1.165) is 5.69 Å². The van der Waals surface area contributed by atoms with Gasteiger partial charge in [-0.25, -0.2) is 9.89 Å². The summed E-state index contributed by atoms with van der Waals surface area (Å²) in [6, 6.07) is 9.44. The van der Waals surface area contributed by atoms with E-state index in [4.69, 9.17) is 4.74 Å². The van der Waals surface area contributed by atoms with Crippen LogP contribution >= 0.6 is 0 Å². The van der Waals surface area contributed by atoms with E-state index in [-0.39, 0.29) is 29.7 Å². The number of nitrogens with zero attached hydrogens (tertiary/aromatic N) is 2. The highest BCUT2D eigenvalue weighted by Crippen LogP contribution is 2.31. The van der Waals surface area contributed by atoms with Gasteiger partial charge in [-0.1, -0.05) is 18.2 Å². The Morgan fingerprint density at radius 1 is 1.38 bits per heavy atom. The molecule has 7 nitrogen and oxygen atoms in total. The third-order valence-electron chi connectivity index (χ3n) is 4.24. The van der Waals surface area contributed by atoms with Crippen molar-refractivity contribution in [2.24, 2.45) is 5.92 Å². The Hall–Kier alpha value is -2.41. The minimum Gasteiger partial charge on any atom is -0.376 e. The summed E-state index contributed by atoms with van der Waals surface area (Å²) in [5, 5.41) is 6.26. The molecule has 1 aromatic carbocycles. The fourth-order valence-corrected chi connectivity index (χ4v) is 3.10. The number of anilines is 1. The molecule has 0 spiro atoms. The van der Waals surface area contributed by atoms with Crippen LogP contribution in [0.4, 0.5) is 5.69 Å². The summed E-state index contributed by atoms with van der Waals surface area (Å²) >= 11 is 0. The lowest BCUT2D eigenvalue weighted by molar-refractivity contribution is -0.132. The van der Waals surface area contributed by atoms with Crippen LogP contribution in [0.3, 0.4) is 0 Å². The zero-order valence-electron chi connectivity index (χ0n) is 13.9. The molecule has 1 aliphatic heterocycles. The smallest absolute Gasteiger partial charge is 0.340 e. The van der Waals surface area contributed by atoms with Gasteiger partial charge in [0.2, 0.25) is 5.91 Å². The minimum atomic E-state index is -0.377. The van der Waals surface area contributed by atoms with Crippen LogP contribution in [0.2, 0.25) is 0 Å². The molecule has 1 aliphatic rings. The topological polar surface area (TPSA) is 91.1 Å². The van der Waals surface area contributed by atoms with Gasteiger partial charge in [-0.2, -0.15) is 5.10 Å². The largest absolute Gasteiger partial charge is 0.376 e. The van der Waals surface area contributed by atoms with Gasteiger partial charge in [-0.15, -0.1) is 0 Å². The van der Waals surface area contributed by atoms with Crippen molar-refractivity contribution in [3.8, 4) is 0 Å². The van der Waals surface area contributed by atoms with E-state index in [2.05, 4.69) is 15.2 Å².